The molecule has 0 aromatic heterocycles. The number of carbonyl (C=O) groups is 1. The highest BCUT2D eigenvalue weighted by Crippen LogP contribution is 2.30. The van der Waals surface area contributed by atoms with Gasteiger partial charge < -0.3 is 9.90 Å². The van der Waals surface area contributed by atoms with E-state index in [1.807, 2.05) is 0 Å². The first-order valence-electron chi connectivity index (χ1n) is 4.46. The first kappa shape index (κ1) is 9.30. The number of aliphatic carboxylic acids is 1. The molecule has 0 aliphatic heterocycles. The molecule has 0 bridgehead atoms. The smallest absolute Gasteiger partial charge is 0.0417 e. The van der Waals surface area contributed by atoms with Gasteiger partial charge in [-0.3, -0.25) is 0 Å². The minimum absolute atomic E-state index is 0.213. The lowest BCUT2D eigenvalue weighted by atomic mass is 9.80. The molecule has 0 saturated heterocycles. The molecule has 0 fully saturated rings. The molecule has 0 spiro atoms. The van der Waals surface area contributed by atoms with Crippen LogP contribution in [0.3, 0.4) is 0 Å². The lowest BCUT2D eigenvalue weighted by Crippen LogP contribution is -2.28. The Morgan fingerprint density at radius 2 is 2.42 bits per heavy atom. The van der Waals surface area contributed by atoms with E-state index >= 15 is 0 Å². The Morgan fingerprint density at radius 3 is 2.92 bits per heavy atom. The van der Waals surface area contributed by atoms with Gasteiger partial charge in [0.25, 0.3) is 0 Å². The summed E-state index contributed by atoms with van der Waals surface area (Å²) in [6.45, 7) is 4.18. The van der Waals surface area contributed by atoms with Gasteiger partial charge in [0.1, 0.15) is 0 Å². The molecule has 2 heteroatoms. The van der Waals surface area contributed by atoms with Gasteiger partial charge in [0.15, 0.2) is 0 Å². The minimum Gasteiger partial charge on any atom is -0.550 e. The Balaban J connectivity index is 2.53. The highest BCUT2D eigenvalue weighted by Gasteiger charge is 2.19. The van der Waals surface area contributed by atoms with Crippen LogP contribution in [0.1, 0.15) is 33.1 Å². The topological polar surface area (TPSA) is 40.1 Å². The van der Waals surface area contributed by atoms with Crippen LogP contribution in [0.2, 0.25) is 0 Å². The minimum atomic E-state index is -0.917. The Hall–Kier alpha value is -0.790. The van der Waals surface area contributed by atoms with Crippen LogP contribution in [-0.4, -0.2) is 5.97 Å². The second-order valence-electron chi connectivity index (χ2n) is 3.75. The molecule has 12 heavy (non-hydrogen) atoms. The van der Waals surface area contributed by atoms with E-state index in [1.165, 1.54) is 5.57 Å². The number of carboxylic acid groups (broad SMARTS) is 1. The third-order valence-electron chi connectivity index (χ3n) is 2.63. The van der Waals surface area contributed by atoms with E-state index in [4.69, 9.17) is 0 Å². The third-order valence-corrected chi connectivity index (χ3v) is 2.63. The maximum absolute atomic E-state index is 10.4. The molecule has 0 aromatic carbocycles. The second kappa shape index (κ2) is 3.74. The van der Waals surface area contributed by atoms with Crippen molar-refractivity contribution in [2.24, 2.45) is 11.8 Å². The third kappa shape index (κ3) is 2.36. The van der Waals surface area contributed by atoms with E-state index in [2.05, 4.69) is 19.9 Å². The molecular weight excluding hydrogens is 152 g/mol. The Bertz CT molecular complexity index is 206. The van der Waals surface area contributed by atoms with Gasteiger partial charge in [0, 0.05) is 5.97 Å². The first-order valence-corrected chi connectivity index (χ1v) is 4.46. The maximum atomic E-state index is 10.4. The first-order chi connectivity index (χ1) is 5.59. The highest BCUT2D eigenvalue weighted by molar-refractivity contribution is 5.64. The zero-order valence-electron chi connectivity index (χ0n) is 7.67. The average molecular weight is 167 g/mol. The molecular formula is C10H15O2-. The van der Waals surface area contributed by atoms with Crippen LogP contribution in [0.4, 0.5) is 0 Å². The second-order valence-corrected chi connectivity index (χ2v) is 3.75. The van der Waals surface area contributed by atoms with Gasteiger partial charge in [-0.2, -0.15) is 0 Å². The fraction of sp³-hybridized carbons (Fsp3) is 0.700. The summed E-state index contributed by atoms with van der Waals surface area (Å²) in [6, 6.07) is 0. The molecule has 1 aliphatic rings. The van der Waals surface area contributed by atoms with Crippen molar-refractivity contribution in [3.8, 4) is 0 Å². The molecule has 0 amide bonds. The monoisotopic (exact) mass is 167 g/mol. The normalized spacial score (nSPS) is 29.7. The van der Waals surface area contributed by atoms with Crippen LogP contribution in [-0.2, 0) is 4.79 Å². The van der Waals surface area contributed by atoms with Crippen molar-refractivity contribution in [1.29, 1.82) is 0 Å². The van der Waals surface area contributed by atoms with Crippen LogP contribution >= 0.6 is 0 Å². The average Bonchev–Trinajstić information content (AvgIpc) is 1.94. The summed E-state index contributed by atoms with van der Waals surface area (Å²) in [6.07, 6.45) is 4.43. The molecule has 68 valence electrons. The van der Waals surface area contributed by atoms with Gasteiger partial charge in [0.05, 0.1) is 0 Å². The number of carboxylic acids is 1. The van der Waals surface area contributed by atoms with Gasteiger partial charge in [-0.1, -0.05) is 18.6 Å². The molecule has 2 nitrogen and oxygen atoms in total. The van der Waals surface area contributed by atoms with Gasteiger partial charge in [-0.15, -0.1) is 0 Å². The van der Waals surface area contributed by atoms with Crippen molar-refractivity contribution in [1.82, 2.24) is 0 Å². The molecule has 1 rings (SSSR count). The number of carbonyl (C=O) groups excluding carboxylic acids is 1. The molecule has 0 heterocycles. The van der Waals surface area contributed by atoms with Crippen LogP contribution in [0.25, 0.3) is 0 Å². The van der Waals surface area contributed by atoms with Crippen molar-refractivity contribution in [2.45, 2.75) is 33.1 Å². The van der Waals surface area contributed by atoms with E-state index in [-0.39, 0.29) is 6.42 Å². The standard InChI is InChI=1S/C10H16O2/c1-7-3-4-9(6-10(11)12)8(2)5-7/h5,8-9H,3-4,6H2,1-2H3,(H,11,12)/p-1. The van der Waals surface area contributed by atoms with Crippen molar-refractivity contribution < 1.29 is 9.90 Å². The van der Waals surface area contributed by atoms with Gasteiger partial charge in [0.2, 0.25) is 0 Å². The highest BCUT2D eigenvalue weighted by atomic mass is 16.4. The Morgan fingerprint density at radius 1 is 1.75 bits per heavy atom. The van der Waals surface area contributed by atoms with E-state index in [1.54, 1.807) is 0 Å². The molecule has 0 N–H and O–H groups in total. The summed E-state index contributed by atoms with van der Waals surface area (Å²) in [5.41, 5.74) is 1.39. The van der Waals surface area contributed by atoms with Gasteiger partial charge >= 0.3 is 0 Å². The maximum Gasteiger partial charge on any atom is 0.0417 e. The summed E-state index contributed by atoms with van der Waals surface area (Å²) in [7, 11) is 0. The summed E-state index contributed by atoms with van der Waals surface area (Å²) in [5, 5.41) is 10.4. The molecule has 0 radical (unpaired) electrons. The molecule has 1 aliphatic carbocycles. The molecule has 2 unspecified atom stereocenters. The largest absolute Gasteiger partial charge is 0.550 e. The number of hydrogen-bond acceptors (Lipinski definition) is 2. The predicted octanol–water partition coefficient (Wildman–Crippen LogP) is 1.12. The van der Waals surface area contributed by atoms with E-state index < -0.39 is 5.97 Å². The van der Waals surface area contributed by atoms with Gasteiger partial charge in [-0.25, -0.2) is 0 Å². The van der Waals surface area contributed by atoms with Crippen molar-refractivity contribution >= 4 is 5.97 Å². The zero-order chi connectivity index (χ0) is 9.14. The molecule has 2 atom stereocenters. The van der Waals surface area contributed by atoms with Crippen LogP contribution < -0.4 is 5.11 Å². The summed E-state index contributed by atoms with van der Waals surface area (Å²) in [5.74, 6) is -0.227. The fourth-order valence-electron chi connectivity index (χ4n) is 1.85. The summed E-state index contributed by atoms with van der Waals surface area (Å²) in [4.78, 5) is 10.4. The van der Waals surface area contributed by atoms with Gasteiger partial charge in [-0.05, 0) is 38.0 Å². The Labute approximate surface area is 73.3 Å². The quantitative estimate of drug-likeness (QED) is 0.578. The molecule has 0 aromatic rings. The Kier molecular flexibility index (Phi) is 2.90. The van der Waals surface area contributed by atoms with Crippen LogP contribution in [0.15, 0.2) is 11.6 Å². The number of rotatable bonds is 2. The van der Waals surface area contributed by atoms with Crippen molar-refractivity contribution in [3.05, 3.63) is 11.6 Å². The zero-order valence-corrected chi connectivity index (χ0v) is 7.67. The predicted molar refractivity (Wildman–Crippen MR) is 45.3 cm³/mol. The van der Waals surface area contributed by atoms with Crippen LogP contribution in [0.5, 0.6) is 0 Å². The fourth-order valence-corrected chi connectivity index (χ4v) is 1.85. The van der Waals surface area contributed by atoms with Crippen LogP contribution in [0, 0.1) is 11.8 Å². The van der Waals surface area contributed by atoms with E-state index in [0.29, 0.717) is 11.8 Å². The van der Waals surface area contributed by atoms with E-state index in [9.17, 15) is 9.90 Å². The van der Waals surface area contributed by atoms with Crippen molar-refractivity contribution in [2.75, 3.05) is 0 Å². The SMILES string of the molecule is CC1=CC(C)C(CC(=O)[O-])CC1. The summed E-state index contributed by atoms with van der Waals surface area (Å²) >= 11 is 0. The molecule has 0 saturated carbocycles. The van der Waals surface area contributed by atoms with Crippen molar-refractivity contribution in [3.63, 3.8) is 0 Å². The number of allylic oxidation sites excluding steroid dienone is 2. The van der Waals surface area contributed by atoms with E-state index in [0.717, 1.165) is 12.8 Å². The number of hydrogen-bond donors (Lipinski definition) is 0. The lowest BCUT2D eigenvalue weighted by molar-refractivity contribution is -0.307. The summed E-state index contributed by atoms with van der Waals surface area (Å²) < 4.78 is 0. The lowest BCUT2D eigenvalue weighted by Gasteiger charge is -2.27.